The quantitative estimate of drug-likeness (QED) is 0.691. The number of para-hydroxylation sites is 1. The van der Waals surface area contributed by atoms with E-state index in [-0.39, 0.29) is 11.3 Å². The highest BCUT2D eigenvalue weighted by atomic mass is 35.5. The zero-order valence-corrected chi connectivity index (χ0v) is 12.6. The summed E-state index contributed by atoms with van der Waals surface area (Å²) in [5.74, 6) is -0.584. The summed E-state index contributed by atoms with van der Waals surface area (Å²) in [7, 11) is 0. The minimum atomic E-state index is -0.971. The second-order valence-electron chi connectivity index (χ2n) is 4.35. The number of carbonyl (C=O) groups is 2. The first-order valence-corrected chi connectivity index (χ1v) is 6.92. The molecule has 1 N–H and O–H groups in total. The Balaban J connectivity index is 2.08. The minimum Gasteiger partial charge on any atom is -0.410 e. The maximum atomic E-state index is 11.9. The molecule has 23 heavy (non-hydrogen) atoms. The average Bonchev–Trinajstić information content (AvgIpc) is 2.54. The highest BCUT2D eigenvalue weighted by Crippen LogP contribution is 2.18. The van der Waals surface area contributed by atoms with E-state index in [1.165, 1.54) is 6.08 Å². The van der Waals surface area contributed by atoms with Gasteiger partial charge in [0.25, 0.3) is 5.91 Å². The molecule has 0 aliphatic heterocycles. The summed E-state index contributed by atoms with van der Waals surface area (Å²) < 4.78 is 4.92. The molecule has 0 saturated carbocycles. The normalized spacial score (nSPS) is 10.5. The number of benzene rings is 2. The van der Waals surface area contributed by atoms with Gasteiger partial charge in [0, 0.05) is 5.02 Å². The number of rotatable bonds is 3. The number of nitriles is 1. The van der Waals surface area contributed by atoms with Crippen molar-refractivity contribution in [2.75, 3.05) is 0 Å². The van der Waals surface area contributed by atoms with Gasteiger partial charge in [-0.25, -0.2) is 4.79 Å². The molecule has 0 fully saturated rings. The van der Waals surface area contributed by atoms with Crippen molar-refractivity contribution in [2.45, 2.75) is 0 Å². The number of carbonyl (C=O) groups excluding carboxylic acids is 2. The maximum Gasteiger partial charge on any atom is 0.419 e. The third kappa shape index (κ3) is 4.70. The topological polar surface area (TPSA) is 79.2 Å². The summed E-state index contributed by atoms with van der Waals surface area (Å²) in [6, 6.07) is 16.7. The van der Waals surface area contributed by atoms with Crippen LogP contribution in [0.4, 0.5) is 4.79 Å². The molecule has 0 radical (unpaired) electrons. The van der Waals surface area contributed by atoms with Crippen LogP contribution >= 0.6 is 11.6 Å². The fourth-order valence-corrected chi connectivity index (χ4v) is 1.87. The van der Waals surface area contributed by atoms with E-state index in [4.69, 9.17) is 21.6 Å². The van der Waals surface area contributed by atoms with Crippen molar-refractivity contribution in [2.24, 2.45) is 0 Å². The van der Waals surface area contributed by atoms with Crippen LogP contribution in [0.1, 0.15) is 5.56 Å². The molecule has 2 rings (SSSR count). The molecule has 0 heterocycles. The first-order chi connectivity index (χ1) is 11.1. The van der Waals surface area contributed by atoms with E-state index < -0.39 is 12.0 Å². The van der Waals surface area contributed by atoms with E-state index >= 15 is 0 Å². The average molecular weight is 327 g/mol. The van der Waals surface area contributed by atoms with E-state index in [1.807, 2.05) is 5.32 Å². The molecule has 0 spiro atoms. The first kappa shape index (κ1) is 16.3. The van der Waals surface area contributed by atoms with Crippen molar-refractivity contribution < 1.29 is 14.3 Å². The zero-order chi connectivity index (χ0) is 16.7. The van der Waals surface area contributed by atoms with Crippen LogP contribution < -0.4 is 10.1 Å². The molecule has 2 aromatic rings. The number of nitrogens with zero attached hydrogens (tertiary/aromatic N) is 1. The van der Waals surface area contributed by atoms with Crippen molar-refractivity contribution in [3.8, 4) is 11.8 Å². The number of hydrogen-bond acceptors (Lipinski definition) is 4. The largest absolute Gasteiger partial charge is 0.419 e. The molecule has 2 amide bonds. The van der Waals surface area contributed by atoms with Gasteiger partial charge in [-0.1, -0.05) is 48.0 Å². The Morgan fingerprint density at radius 2 is 1.74 bits per heavy atom. The molecule has 0 aliphatic carbocycles. The van der Waals surface area contributed by atoms with Crippen molar-refractivity contribution in [1.82, 2.24) is 5.32 Å². The standard InChI is InChI=1S/C17H11ClN2O3/c18-15-9-5-4-6-12(15)10-13(11-19)16(21)20-17(22)23-14-7-2-1-3-8-14/h1-10H,(H,20,21,22)/b13-10+. The monoisotopic (exact) mass is 326 g/mol. The summed E-state index contributed by atoms with van der Waals surface area (Å²) in [5.41, 5.74) is 0.236. The molecule has 0 unspecified atom stereocenters. The molecular weight excluding hydrogens is 316 g/mol. The van der Waals surface area contributed by atoms with Gasteiger partial charge < -0.3 is 4.74 Å². The number of ether oxygens (including phenoxy) is 1. The predicted octanol–water partition coefficient (Wildman–Crippen LogP) is 3.56. The van der Waals surface area contributed by atoms with Crippen molar-refractivity contribution in [1.29, 1.82) is 5.26 Å². The number of hydrogen-bond donors (Lipinski definition) is 1. The van der Waals surface area contributed by atoms with E-state index in [0.29, 0.717) is 10.6 Å². The van der Waals surface area contributed by atoms with Crippen molar-refractivity contribution in [3.63, 3.8) is 0 Å². The van der Waals surface area contributed by atoms with E-state index in [0.717, 1.165) is 0 Å². The highest BCUT2D eigenvalue weighted by Gasteiger charge is 2.15. The van der Waals surface area contributed by atoms with Crippen LogP contribution in [0.5, 0.6) is 5.75 Å². The highest BCUT2D eigenvalue weighted by molar-refractivity contribution is 6.32. The van der Waals surface area contributed by atoms with Crippen LogP contribution in [0.2, 0.25) is 5.02 Å². The summed E-state index contributed by atoms with van der Waals surface area (Å²) in [6.07, 6.45) is 0.328. The second-order valence-corrected chi connectivity index (χ2v) is 4.76. The van der Waals surface area contributed by atoms with E-state index in [9.17, 15) is 9.59 Å². The number of nitrogens with one attached hydrogen (secondary N) is 1. The van der Waals surface area contributed by atoms with Gasteiger partial charge in [0.05, 0.1) is 0 Å². The molecule has 0 saturated heterocycles. The molecule has 0 atom stereocenters. The summed E-state index contributed by atoms with van der Waals surface area (Å²) in [4.78, 5) is 23.6. The van der Waals surface area contributed by atoms with Gasteiger partial charge in [0.2, 0.25) is 0 Å². The van der Waals surface area contributed by atoms with Gasteiger partial charge in [-0.05, 0) is 29.8 Å². The van der Waals surface area contributed by atoms with Crippen molar-refractivity contribution in [3.05, 3.63) is 70.8 Å². The summed E-state index contributed by atoms with van der Waals surface area (Å²) in [6.45, 7) is 0. The van der Waals surface area contributed by atoms with Crippen LogP contribution in [0.25, 0.3) is 6.08 Å². The summed E-state index contributed by atoms with van der Waals surface area (Å²) >= 11 is 5.97. The Morgan fingerprint density at radius 3 is 2.39 bits per heavy atom. The van der Waals surface area contributed by atoms with Gasteiger partial charge in [-0.2, -0.15) is 5.26 Å². The lowest BCUT2D eigenvalue weighted by Gasteiger charge is -2.05. The second kappa shape index (κ2) is 7.78. The first-order valence-electron chi connectivity index (χ1n) is 6.54. The SMILES string of the molecule is N#C/C(=C\c1ccccc1Cl)C(=O)NC(=O)Oc1ccccc1. The number of halogens is 1. The molecule has 5 nitrogen and oxygen atoms in total. The van der Waals surface area contributed by atoms with Crippen LogP contribution in [-0.2, 0) is 4.79 Å². The number of imide groups is 1. The Morgan fingerprint density at radius 1 is 1.09 bits per heavy atom. The van der Waals surface area contributed by atoms with Crippen LogP contribution in [0.3, 0.4) is 0 Å². The molecule has 2 aromatic carbocycles. The smallest absolute Gasteiger partial charge is 0.410 e. The molecule has 6 heteroatoms. The van der Waals surface area contributed by atoms with Crippen LogP contribution in [-0.4, -0.2) is 12.0 Å². The Labute approximate surface area is 137 Å². The van der Waals surface area contributed by atoms with Gasteiger partial charge in [0.1, 0.15) is 17.4 Å². The molecule has 0 aliphatic rings. The predicted molar refractivity (Wildman–Crippen MR) is 85.7 cm³/mol. The van der Waals surface area contributed by atoms with E-state index in [2.05, 4.69) is 0 Å². The van der Waals surface area contributed by atoms with Crippen LogP contribution in [0, 0.1) is 11.3 Å². The Kier molecular flexibility index (Phi) is 5.50. The molecule has 114 valence electrons. The zero-order valence-electron chi connectivity index (χ0n) is 11.8. The lowest BCUT2D eigenvalue weighted by molar-refractivity contribution is -0.116. The lowest BCUT2D eigenvalue weighted by atomic mass is 10.1. The van der Waals surface area contributed by atoms with Gasteiger partial charge in [0.15, 0.2) is 0 Å². The lowest BCUT2D eigenvalue weighted by Crippen LogP contribution is -2.33. The fraction of sp³-hybridized carbons (Fsp3) is 0. The minimum absolute atomic E-state index is 0.261. The Hall–Kier alpha value is -3.10. The van der Waals surface area contributed by atoms with Gasteiger partial charge in [-0.15, -0.1) is 0 Å². The Bertz CT molecular complexity index is 795. The molecular formula is C17H11ClN2O3. The molecule has 0 aromatic heterocycles. The maximum absolute atomic E-state index is 11.9. The van der Waals surface area contributed by atoms with Crippen molar-refractivity contribution >= 4 is 29.7 Å². The van der Waals surface area contributed by atoms with Gasteiger partial charge in [-0.3, -0.25) is 10.1 Å². The van der Waals surface area contributed by atoms with E-state index in [1.54, 1.807) is 60.7 Å². The van der Waals surface area contributed by atoms with Gasteiger partial charge >= 0.3 is 6.09 Å². The summed E-state index contributed by atoms with van der Waals surface area (Å²) in [5, 5.41) is 11.5. The van der Waals surface area contributed by atoms with Crippen LogP contribution in [0.15, 0.2) is 60.2 Å². The fourth-order valence-electron chi connectivity index (χ4n) is 1.68. The molecule has 0 bridgehead atoms. The number of amides is 2. The third-order valence-electron chi connectivity index (χ3n) is 2.74. The third-order valence-corrected chi connectivity index (χ3v) is 3.08.